The van der Waals surface area contributed by atoms with E-state index in [-0.39, 0.29) is 5.54 Å². The van der Waals surface area contributed by atoms with Crippen molar-refractivity contribution < 1.29 is 0 Å². The van der Waals surface area contributed by atoms with Gasteiger partial charge < -0.3 is 0 Å². The van der Waals surface area contributed by atoms with Crippen LogP contribution in [0.2, 0.25) is 0 Å². The molecule has 1 aromatic rings. The number of nitrogens with zero attached hydrogens (tertiary/aromatic N) is 2. The first-order chi connectivity index (χ1) is 8.23. The lowest BCUT2D eigenvalue weighted by Gasteiger charge is -2.36. The van der Waals surface area contributed by atoms with Gasteiger partial charge in [0.1, 0.15) is 5.54 Å². The van der Waals surface area contributed by atoms with Crippen LogP contribution >= 0.6 is 0 Å². The summed E-state index contributed by atoms with van der Waals surface area (Å²) in [6, 6.07) is 13.4. The fourth-order valence-electron chi connectivity index (χ4n) is 2.95. The molecule has 2 unspecified atom stereocenters. The highest BCUT2D eigenvalue weighted by atomic mass is 15.2. The summed E-state index contributed by atoms with van der Waals surface area (Å²) in [5.41, 5.74) is 1.07. The van der Waals surface area contributed by atoms with Crippen LogP contribution in [0.25, 0.3) is 0 Å². The molecule has 17 heavy (non-hydrogen) atoms. The van der Waals surface area contributed by atoms with E-state index in [0.717, 1.165) is 25.8 Å². The molecule has 1 fully saturated rings. The molecule has 0 aliphatic carbocycles. The second-order valence-corrected chi connectivity index (χ2v) is 4.88. The average molecular weight is 228 g/mol. The lowest BCUT2D eigenvalue weighted by molar-refractivity contribution is 0.135. The standard InChI is InChI=1S/C15H20N2/c1-3-15(12-16)10-7-11-17(15)13(2)14-8-5-4-6-9-14/h4-6,8-9,13H,3,7,10-11H2,1-2H3. The minimum atomic E-state index is -0.241. The zero-order chi connectivity index (χ0) is 12.3. The van der Waals surface area contributed by atoms with E-state index in [2.05, 4.69) is 49.1 Å². The Morgan fingerprint density at radius 1 is 1.41 bits per heavy atom. The molecule has 1 aliphatic heterocycles. The van der Waals surface area contributed by atoms with Gasteiger partial charge in [0.15, 0.2) is 0 Å². The first-order valence-corrected chi connectivity index (χ1v) is 6.46. The molecule has 2 nitrogen and oxygen atoms in total. The normalized spacial score (nSPS) is 26.6. The van der Waals surface area contributed by atoms with Gasteiger partial charge in [0.2, 0.25) is 0 Å². The maximum absolute atomic E-state index is 9.49. The maximum atomic E-state index is 9.49. The van der Waals surface area contributed by atoms with E-state index < -0.39 is 0 Å². The molecular formula is C15H20N2. The van der Waals surface area contributed by atoms with Gasteiger partial charge in [-0.15, -0.1) is 0 Å². The number of hydrogen-bond donors (Lipinski definition) is 0. The smallest absolute Gasteiger partial charge is 0.109 e. The quantitative estimate of drug-likeness (QED) is 0.791. The Balaban J connectivity index is 2.26. The average Bonchev–Trinajstić information content (AvgIpc) is 2.83. The van der Waals surface area contributed by atoms with Crippen molar-refractivity contribution in [2.24, 2.45) is 0 Å². The molecule has 90 valence electrons. The predicted molar refractivity (Wildman–Crippen MR) is 69.4 cm³/mol. The van der Waals surface area contributed by atoms with Crippen LogP contribution in [0, 0.1) is 11.3 Å². The summed E-state index contributed by atoms with van der Waals surface area (Å²) in [5, 5.41) is 9.49. The molecule has 0 radical (unpaired) electrons. The van der Waals surface area contributed by atoms with Crippen LogP contribution in [0.3, 0.4) is 0 Å². The minimum absolute atomic E-state index is 0.241. The van der Waals surface area contributed by atoms with E-state index in [1.807, 2.05) is 6.07 Å². The Hall–Kier alpha value is -1.33. The lowest BCUT2D eigenvalue weighted by atomic mass is 9.92. The van der Waals surface area contributed by atoms with Gasteiger partial charge in [-0.1, -0.05) is 37.3 Å². The topological polar surface area (TPSA) is 27.0 Å². The van der Waals surface area contributed by atoms with Gasteiger partial charge in [0, 0.05) is 12.6 Å². The van der Waals surface area contributed by atoms with Gasteiger partial charge in [-0.2, -0.15) is 5.26 Å². The van der Waals surface area contributed by atoms with Gasteiger partial charge in [-0.05, 0) is 31.7 Å². The van der Waals surface area contributed by atoms with Crippen LogP contribution in [-0.4, -0.2) is 17.0 Å². The Bertz CT molecular complexity index is 407. The molecule has 2 atom stereocenters. The predicted octanol–water partition coefficient (Wildman–Crippen LogP) is 3.52. The van der Waals surface area contributed by atoms with Gasteiger partial charge >= 0.3 is 0 Å². The second kappa shape index (κ2) is 4.89. The van der Waals surface area contributed by atoms with E-state index >= 15 is 0 Å². The third kappa shape index (κ3) is 2.08. The lowest BCUT2D eigenvalue weighted by Crippen LogP contribution is -2.43. The third-order valence-corrected chi connectivity index (χ3v) is 4.08. The van der Waals surface area contributed by atoms with Crippen LogP contribution in [0.5, 0.6) is 0 Å². The van der Waals surface area contributed by atoms with Crippen molar-refractivity contribution in [1.82, 2.24) is 4.90 Å². The molecule has 0 bridgehead atoms. The monoisotopic (exact) mass is 228 g/mol. The van der Waals surface area contributed by atoms with Crippen molar-refractivity contribution >= 4 is 0 Å². The summed E-state index contributed by atoms with van der Waals surface area (Å²) in [6.07, 6.45) is 3.07. The number of hydrogen-bond acceptors (Lipinski definition) is 2. The van der Waals surface area contributed by atoms with Crippen molar-refractivity contribution in [2.45, 2.75) is 44.7 Å². The molecule has 0 aromatic heterocycles. The van der Waals surface area contributed by atoms with E-state index in [0.29, 0.717) is 6.04 Å². The van der Waals surface area contributed by atoms with Gasteiger partial charge in [-0.3, -0.25) is 4.90 Å². The van der Waals surface area contributed by atoms with Crippen LogP contribution in [0.1, 0.15) is 44.7 Å². The Kier molecular flexibility index (Phi) is 3.49. The minimum Gasteiger partial charge on any atom is -0.279 e. The van der Waals surface area contributed by atoms with Crippen molar-refractivity contribution in [3.63, 3.8) is 0 Å². The first-order valence-electron chi connectivity index (χ1n) is 6.46. The molecule has 1 saturated heterocycles. The largest absolute Gasteiger partial charge is 0.279 e. The molecule has 1 aliphatic rings. The SMILES string of the molecule is CCC1(C#N)CCCN1C(C)c1ccccc1. The molecule has 1 aromatic carbocycles. The Morgan fingerprint density at radius 2 is 2.12 bits per heavy atom. The summed E-state index contributed by atoms with van der Waals surface area (Å²) in [7, 11) is 0. The fourth-order valence-corrected chi connectivity index (χ4v) is 2.95. The maximum Gasteiger partial charge on any atom is 0.109 e. The first kappa shape index (κ1) is 12.1. The molecular weight excluding hydrogens is 208 g/mol. The number of likely N-dealkylation sites (tertiary alicyclic amines) is 1. The zero-order valence-corrected chi connectivity index (χ0v) is 10.7. The second-order valence-electron chi connectivity index (χ2n) is 4.88. The van der Waals surface area contributed by atoms with Gasteiger partial charge in [-0.25, -0.2) is 0 Å². The van der Waals surface area contributed by atoms with E-state index in [4.69, 9.17) is 0 Å². The highest BCUT2D eigenvalue weighted by Crippen LogP contribution is 2.38. The number of rotatable bonds is 3. The van der Waals surface area contributed by atoms with Crippen molar-refractivity contribution in [1.29, 1.82) is 5.26 Å². The molecule has 0 amide bonds. The Morgan fingerprint density at radius 3 is 2.71 bits per heavy atom. The van der Waals surface area contributed by atoms with Crippen LogP contribution in [-0.2, 0) is 0 Å². The molecule has 0 N–H and O–H groups in total. The molecule has 0 spiro atoms. The molecule has 2 rings (SSSR count). The van der Waals surface area contributed by atoms with Crippen LogP contribution in [0.4, 0.5) is 0 Å². The molecule has 0 saturated carbocycles. The summed E-state index contributed by atoms with van der Waals surface area (Å²) in [6.45, 7) is 5.37. The summed E-state index contributed by atoms with van der Waals surface area (Å²) in [4.78, 5) is 2.38. The van der Waals surface area contributed by atoms with E-state index in [1.165, 1.54) is 5.56 Å². The highest BCUT2D eigenvalue weighted by molar-refractivity contribution is 5.22. The third-order valence-electron chi connectivity index (χ3n) is 4.08. The summed E-state index contributed by atoms with van der Waals surface area (Å²) >= 11 is 0. The zero-order valence-electron chi connectivity index (χ0n) is 10.7. The fraction of sp³-hybridized carbons (Fsp3) is 0.533. The van der Waals surface area contributed by atoms with Crippen molar-refractivity contribution in [2.75, 3.05) is 6.54 Å². The van der Waals surface area contributed by atoms with Gasteiger partial charge in [0.05, 0.1) is 6.07 Å². The van der Waals surface area contributed by atoms with Crippen molar-refractivity contribution in [3.8, 4) is 6.07 Å². The Labute approximate surface area is 104 Å². The van der Waals surface area contributed by atoms with Crippen LogP contribution in [0.15, 0.2) is 30.3 Å². The van der Waals surface area contributed by atoms with E-state index in [1.54, 1.807) is 0 Å². The van der Waals surface area contributed by atoms with Crippen molar-refractivity contribution in [3.05, 3.63) is 35.9 Å². The van der Waals surface area contributed by atoms with E-state index in [9.17, 15) is 5.26 Å². The summed E-state index contributed by atoms with van der Waals surface area (Å²) in [5.74, 6) is 0. The number of benzene rings is 1. The van der Waals surface area contributed by atoms with Crippen LogP contribution < -0.4 is 0 Å². The highest BCUT2D eigenvalue weighted by Gasteiger charge is 2.42. The molecule has 1 heterocycles. The molecule has 2 heteroatoms. The van der Waals surface area contributed by atoms with Gasteiger partial charge in [0.25, 0.3) is 0 Å². The number of nitriles is 1. The summed E-state index contributed by atoms with van der Waals surface area (Å²) < 4.78 is 0.